The van der Waals surface area contributed by atoms with Gasteiger partial charge in [-0.3, -0.25) is 14.7 Å². The fourth-order valence-electron chi connectivity index (χ4n) is 2.74. The van der Waals surface area contributed by atoms with Crippen LogP contribution >= 0.6 is 0 Å². The number of nitrogens with zero attached hydrogens (tertiary/aromatic N) is 4. The van der Waals surface area contributed by atoms with Gasteiger partial charge in [-0.25, -0.2) is 9.78 Å². The van der Waals surface area contributed by atoms with Gasteiger partial charge in [0.2, 0.25) is 0 Å². The van der Waals surface area contributed by atoms with Gasteiger partial charge in [0.25, 0.3) is 5.69 Å². The number of amides is 1. The molecule has 0 aliphatic carbocycles. The third-order valence-electron chi connectivity index (χ3n) is 4.22. The number of ether oxygens (including phenoxy) is 1. The molecule has 1 fully saturated rings. The molecule has 0 radical (unpaired) electrons. The molecule has 1 aliphatic rings. The van der Waals surface area contributed by atoms with Crippen molar-refractivity contribution in [2.24, 2.45) is 0 Å². The molecule has 126 valence electrons. The van der Waals surface area contributed by atoms with E-state index in [4.69, 9.17) is 4.74 Å². The normalized spacial score (nSPS) is 15.2. The molecule has 1 aliphatic heterocycles. The van der Waals surface area contributed by atoms with Crippen LogP contribution in [0.4, 0.5) is 10.5 Å². The van der Waals surface area contributed by atoms with Crippen LogP contribution in [0.1, 0.15) is 12.8 Å². The Morgan fingerprint density at radius 1 is 1.33 bits per heavy atom. The highest BCUT2D eigenvalue weighted by Crippen LogP contribution is 2.21. The van der Waals surface area contributed by atoms with Gasteiger partial charge in [-0.1, -0.05) is 0 Å². The monoisotopic (exact) mass is 330 g/mol. The summed E-state index contributed by atoms with van der Waals surface area (Å²) in [7, 11) is 1.78. The SMILES string of the molecule is CN(C(=O)n1cnc(-c2ccc([N+](=O)[O-])cc2)c1)C1CCOCC1. The van der Waals surface area contributed by atoms with E-state index in [9.17, 15) is 14.9 Å². The summed E-state index contributed by atoms with van der Waals surface area (Å²) in [5.74, 6) is 0. The number of nitro benzene ring substituents is 1. The van der Waals surface area contributed by atoms with Gasteiger partial charge >= 0.3 is 6.03 Å². The summed E-state index contributed by atoms with van der Waals surface area (Å²) in [5.41, 5.74) is 1.34. The van der Waals surface area contributed by atoms with E-state index in [-0.39, 0.29) is 17.8 Å². The maximum atomic E-state index is 12.6. The molecule has 0 bridgehead atoms. The first-order valence-electron chi connectivity index (χ1n) is 7.70. The van der Waals surface area contributed by atoms with Gasteiger partial charge in [-0.2, -0.15) is 0 Å². The molecular weight excluding hydrogens is 312 g/mol. The second kappa shape index (κ2) is 6.79. The molecule has 3 rings (SSSR count). The Bertz CT molecular complexity index is 735. The smallest absolute Gasteiger partial charge is 0.329 e. The summed E-state index contributed by atoms with van der Waals surface area (Å²) in [6.07, 6.45) is 4.76. The lowest BCUT2D eigenvalue weighted by atomic mass is 10.1. The highest BCUT2D eigenvalue weighted by Gasteiger charge is 2.23. The second-order valence-corrected chi connectivity index (χ2v) is 5.71. The van der Waals surface area contributed by atoms with Crippen molar-refractivity contribution in [3.05, 3.63) is 46.9 Å². The minimum Gasteiger partial charge on any atom is -0.381 e. The Labute approximate surface area is 138 Å². The zero-order chi connectivity index (χ0) is 17.1. The van der Waals surface area contributed by atoms with Crippen LogP contribution in [0.5, 0.6) is 0 Å². The van der Waals surface area contributed by atoms with Crippen LogP contribution in [0.15, 0.2) is 36.8 Å². The number of benzene rings is 1. The lowest BCUT2D eigenvalue weighted by molar-refractivity contribution is -0.384. The van der Waals surface area contributed by atoms with Crippen molar-refractivity contribution in [3.8, 4) is 11.3 Å². The number of carbonyl (C=O) groups is 1. The highest BCUT2D eigenvalue weighted by molar-refractivity contribution is 5.78. The number of hydrogen-bond acceptors (Lipinski definition) is 5. The minimum absolute atomic E-state index is 0.0218. The van der Waals surface area contributed by atoms with E-state index in [1.807, 2.05) is 0 Å². The number of hydrogen-bond donors (Lipinski definition) is 0. The Kier molecular flexibility index (Phi) is 4.57. The van der Waals surface area contributed by atoms with E-state index in [1.54, 1.807) is 30.3 Å². The number of aromatic nitrogens is 2. The van der Waals surface area contributed by atoms with Crippen molar-refractivity contribution in [3.63, 3.8) is 0 Å². The predicted molar refractivity (Wildman–Crippen MR) is 86.7 cm³/mol. The first-order valence-corrected chi connectivity index (χ1v) is 7.70. The van der Waals surface area contributed by atoms with E-state index >= 15 is 0 Å². The lowest BCUT2D eigenvalue weighted by Crippen LogP contribution is -2.42. The van der Waals surface area contributed by atoms with E-state index in [1.165, 1.54) is 23.0 Å². The molecule has 1 amide bonds. The third-order valence-corrected chi connectivity index (χ3v) is 4.22. The van der Waals surface area contributed by atoms with Gasteiger partial charge in [0.05, 0.1) is 10.6 Å². The summed E-state index contributed by atoms with van der Waals surface area (Å²) in [5, 5.41) is 10.7. The van der Waals surface area contributed by atoms with Gasteiger partial charge in [-0.15, -0.1) is 0 Å². The van der Waals surface area contributed by atoms with Crippen LogP contribution in [-0.2, 0) is 4.74 Å². The zero-order valence-corrected chi connectivity index (χ0v) is 13.3. The first kappa shape index (κ1) is 16.1. The largest absolute Gasteiger partial charge is 0.381 e. The predicted octanol–water partition coefficient (Wildman–Crippen LogP) is 2.54. The first-order chi connectivity index (χ1) is 11.6. The highest BCUT2D eigenvalue weighted by atomic mass is 16.6. The molecule has 1 saturated heterocycles. The molecule has 0 atom stereocenters. The molecule has 0 spiro atoms. The molecule has 8 nitrogen and oxygen atoms in total. The van der Waals surface area contributed by atoms with Gasteiger partial charge in [0.1, 0.15) is 6.33 Å². The molecular formula is C16H18N4O4. The molecule has 0 unspecified atom stereocenters. The van der Waals surface area contributed by atoms with Crippen LogP contribution in [-0.4, -0.2) is 51.7 Å². The molecule has 1 aromatic heterocycles. The summed E-state index contributed by atoms with van der Waals surface area (Å²) in [6.45, 7) is 1.33. The Morgan fingerprint density at radius 3 is 2.62 bits per heavy atom. The summed E-state index contributed by atoms with van der Waals surface area (Å²) >= 11 is 0. The van der Waals surface area contributed by atoms with Crippen molar-refractivity contribution < 1.29 is 14.5 Å². The van der Waals surface area contributed by atoms with Crippen molar-refractivity contribution in [2.75, 3.05) is 20.3 Å². The van der Waals surface area contributed by atoms with Gasteiger partial charge in [-0.05, 0) is 25.0 Å². The standard InChI is InChI=1S/C16H18N4O4/c1-18(13-6-8-24-9-7-13)16(21)19-10-15(17-11-19)12-2-4-14(5-3-12)20(22)23/h2-5,10-11,13H,6-9H2,1H3. The molecule has 0 N–H and O–H groups in total. The van der Waals surface area contributed by atoms with Gasteiger partial charge in [0, 0.05) is 50.2 Å². The average Bonchev–Trinajstić information content (AvgIpc) is 3.11. The van der Waals surface area contributed by atoms with E-state index in [0.29, 0.717) is 18.9 Å². The Hall–Kier alpha value is -2.74. The number of non-ortho nitro benzene ring substituents is 1. The van der Waals surface area contributed by atoms with Crippen LogP contribution in [0.25, 0.3) is 11.3 Å². The van der Waals surface area contributed by atoms with Crippen molar-refractivity contribution in [1.29, 1.82) is 0 Å². The number of rotatable bonds is 3. The Balaban J connectivity index is 1.74. The van der Waals surface area contributed by atoms with E-state index in [2.05, 4.69) is 4.98 Å². The van der Waals surface area contributed by atoms with Crippen LogP contribution in [0.2, 0.25) is 0 Å². The van der Waals surface area contributed by atoms with Crippen LogP contribution < -0.4 is 0 Å². The van der Waals surface area contributed by atoms with E-state index in [0.717, 1.165) is 18.4 Å². The minimum atomic E-state index is -0.450. The van der Waals surface area contributed by atoms with Gasteiger partial charge < -0.3 is 9.64 Å². The average molecular weight is 330 g/mol. The maximum Gasteiger partial charge on any atom is 0.329 e. The van der Waals surface area contributed by atoms with Crippen LogP contribution in [0.3, 0.4) is 0 Å². The molecule has 2 heterocycles. The third kappa shape index (κ3) is 3.28. The molecule has 8 heteroatoms. The quantitative estimate of drug-likeness (QED) is 0.637. The fraction of sp³-hybridized carbons (Fsp3) is 0.375. The fourth-order valence-corrected chi connectivity index (χ4v) is 2.74. The summed E-state index contributed by atoms with van der Waals surface area (Å²) in [4.78, 5) is 28.7. The van der Waals surface area contributed by atoms with E-state index < -0.39 is 4.92 Å². The molecule has 0 saturated carbocycles. The molecule has 1 aromatic carbocycles. The Morgan fingerprint density at radius 2 is 2.00 bits per heavy atom. The van der Waals surface area contributed by atoms with Crippen molar-refractivity contribution in [2.45, 2.75) is 18.9 Å². The number of carbonyl (C=O) groups excluding carboxylic acids is 1. The lowest BCUT2D eigenvalue weighted by Gasteiger charge is -2.30. The zero-order valence-electron chi connectivity index (χ0n) is 13.3. The molecule has 2 aromatic rings. The number of nitro groups is 1. The summed E-state index contributed by atoms with van der Waals surface area (Å²) < 4.78 is 6.76. The van der Waals surface area contributed by atoms with Gasteiger partial charge in [0.15, 0.2) is 0 Å². The second-order valence-electron chi connectivity index (χ2n) is 5.71. The van der Waals surface area contributed by atoms with Crippen molar-refractivity contribution in [1.82, 2.24) is 14.5 Å². The summed E-state index contributed by atoms with van der Waals surface area (Å²) in [6, 6.07) is 6.10. The maximum absolute atomic E-state index is 12.6. The molecule has 24 heavy (non-hydrogen) atoms. The topological polar surface area (TPSA) is 90.5 Å². The van der Waals surface area contributed by atoms with Crippen molar-refractivity contribution >= 4 is 11.7 Å². The number of imidazole rings is 1. The van der Waals surface area contributed by atoms with Crippen LogP contribution in [0, 0.1) is 10.1 Å².